The Bertz CT molecular complexity index is 578. The predicted octanol–water partition coefficient (Wildman–Crippen LogP) is 2.92. The van der Waals surface area contributed by atoms with E-state index in [0.29, 0.717) is 0 Å². The Kier molecular flexibility index (Phi) is 4.40. The second-order valence-electron chi connectivity index (χ2n) is 3.44. The second-order valence-corrected chi connectivity index (χ2v) is 6.29. The average molecular weight is 342 g/mol. The quantitative estimate of drug-likeness (QED) is 0.849. The third-order valence-corrected chi connectivity index (χ3v) is 4.86. The lowest BCUT2D eigenvalue weighted by Gasteiger charge is -2.14. The lowest BCUT2D eigenvalue weighted by atomic mass is 10.2. The van der Waals surface area contributed by atoms with Gasteiger partial charge in [-0.2, -0.15) is 18.4 Å². The minimum Gasteiger partial charge on any atom is -0.224 e. The van der Waals surface area contributed by atoms with Crippen LogP contribution in [-0.4, -0.2) is 20.3 Å². The van der Waals surface area contributed by atoms with E-state index in [4.69, 9.17) is 5.26 Å². The molecule has 0 aliphatic carbocycles. The molecule has 0 aliphatic rings. The van der Waals surface area contributed by atoms with Gasteiger partial charge in [0.05, 0.1) is 16.7 Å². The minimum absolute atomic E-state index is 0.170. The monoisotopic (exact) mass is 341 g/mol. The molecule has 18 heavy (non-hydrogen) atoms. The SMILES string of the molecule is N#CC(CS(=O)(=O)c1ccccc1Br)C(F)(F)F. The Morgan fingerprint density at radius 2 is 1.89 bits per heavy atom. The van der Waals surface area contributed by atoms with Crippen LogP contribution in [0.5, 0.6) is 0 Å². The first kappa shape index (κ1) is 15.0. The summed E-state index contributed by atoms with van der Waals surface area (Å²) in [6.07, 6.45) is -4.86. The molecule has 1 aromatic carbocycles. The Balaban J connectivity index is 3.11. The number of sulfone groups is 1. The molecule has 0 heterocycles. The molecule has 0 amide bonds. The highest BCUT2D eigenvalue weighted by Crippen LogP contribution is 2.30. The topological polar surface area (TPSA) is 57.9 Å². The number of benzene rings is 1. The van der Waals surface area contributed by atoms with Crippen LogP contribution in [0.4, 0.5) is 13.2 Å². The van der Waals surface area contributed by atoms with E-state index in [-0.39, 0.29) is 9.37 Å². The largest absolute Gasteiger partial charge is 0.405 e. The van der Waals surface area contributed by atoms with Crippen LogP contribution in [-0.2, 0) is 9.84 Å². The van der Waals surface area contributed by atoms with E-state index in [1.54, 1.807) is 0 Å². The van der Waals surface area contributed by atoms with Crippen molar-refractivity contribution < 1.29 is 21.6 Å². The van der Waals surface area contributed by atoms with Crippen LogP contribution in [0.1, 0.15) is 0 Å². The number of hydrogen-bond acceptors (Lipinski definition) is 3. The van der Waals surface area contributed by atoms with Crippen molar-refractivity contribution >= 4 is 25.8 Å². The van der Waals surface area contributed by atoms with E-state index in [0.717, 1.165) is 6.07 Å². The zero-order chi connectivity index (χ0) is 14.0. The van der Waals surface area contributed by atoms with Crippen molar-refractivity contribution in [3.8, 4) is 6.07 Å². The molecule has 1 atom stereocenters. The number of nitriles is 1. The Morgan fingerprint density at radius 1 is 1.33 bits per heavy atom. The summed E-state index contributed by atoms with van der Waals surface area (Å²) in [5.74, 6) is -3.81. The molecule has 0 saturated carbocycles. The number of alkyl halides is 3. The van der Waals surface area contributed by atoms with Gasteiger partial charge in [0.15, 0.2) is 15.8 Å². The summed E-state index contributed by atoms with van der Waals surface area (Å²) in [7, 11) is -4.17. The van der Waals surface area contributed by atoms with E-state index >= 15 is 0 Å². The highest BCUT2D eigenvalue weighted by molar-refractivity contribution is 9.10. The van der Waals surface area contributed by atoms with Crippen LogP contribution >= 0.6 is 15.9 Å². The molecule has 0 aliphatic heterocycles. The molecule has 1 rings (SSSR count). The van der Waals surface area contributed by atoms with E-state index < -0.39 is 27.7 Å². The molecule has 0 radical (unpaired) electrons. The molecule has 1 unspecified atom stereocenters. The van der Waals surface area contributed by atoms with Gasteiger partial charge in [-0.1, -0.05) is 12.1 Å². The molecule has 0 bridgehead atoms. The van der Waals surface area contributed by atoms with Crippen molar-refractivity contribution in [2.75, 3.05) is 5.75 Å². The van der Waals surface area contributed by atoms with Gasteiger partial charge in [0, 0.05) is 4.47 Å². The summed E-state index contributed by atoms with van der Waals surface area (Å²) in [4.78, 5) is -0.255. The Labute approximate surface area is 110 Å². The highest BCUT2D eigenvalue weighted by atomic mass is 79.9. The van der Waals surface area contributed by atoms with Crippen molar-refractivity contribution in [2.24, 2.45) is 5.92 Å². The molecule has 1 aromatic rings. The third kappa shape index (κ3) is 3.46. The molecule has 3 nitrogen and oxygen atoms in total. The fourth-order valence-electron chi connectivity index (χ4n) is 1.21. The molecule has 98 valence electrons. The minimum atomic E-state index is -4.86. The summed E-state index contributed by atoms with van der Waals surface area (Å²) in [5.41, 5.74) is 0. The smallest absolute Gasteiger partial charge is 0.224 e. The van der Waals surface area contributed by atoms with Gasteiger partial charge in [0.1, 0.15) is 0 Å². The first-order valence-corrected chi connectivity index (χ1v) is 7.06. The first-order valence-electron chi connectivity index (χ1n) is 4.62. The van der Waals surface area contributed by atoms with E-state index in [1.165, 1.54) is 24.3 Å². The zero-order valence-electron chi connectivity index (χ0n) is 8.78. The van der Waals surface area contributed by atoms with Gasteiger partial charge in [-0.25, -0.2) is 8.42 Å². The van der Waals surface area contributed by atoms with E-state index in [1.807, 2.05) is 0 Å². The Morgan fingerprint density at radius 3 is 2.33 bits per heavy atom. The summed E-state index contributed by atoms with van der Waals surface area (Å²) >= 11 is 2.95. The molecule has 0 saturated heterocycles. The number of hydrogen-bond donors (Lipinski definition) is 0. The summed E-state index contributed by atoms with van der Waals surface area (Å²) < 4.78 is 60.9. The van der Waals surface area contributed by atoms with Crippen molar-refractivity contribution in [1.29, 1.82) is 5.26 Å². The van der Waals surface area contributed by atoms with Crippen molar-refractivity contribution in [1.82, 2.24) is 0 Å². The molecule has 0 fully saturated rings. The maximum atomic E-state index is 12.4. The van der Waals surface area contributed by atoms with Crippen LogP contribution in [0.25, 0.3) is 0 Å². The highest BCUT2D eigenvalue weighted by Gasteiger charge is 2.43. The van der Waals surface area contributed by atoms with Gasteiger partial charge >= 0.3 is 6.18 Å². The van der Waals surface area contributed by atoms with Gasteiger partial charge in [0.2, 0.25) is 0 Å². The van der Waals surface area contributed by atoms with Crippen LogP contribution in [0.15, 0.2) is 33.6 Å². The first-order chi connectivity index (χ1) is 8.18. The predicted molar refractivity (Wildman–Crippen MR) is 61.4 cm³/mol. The summed E-state index contributed by atoms with van der Waals surface area (Å²) in [5, 5.41) is 8.40. The van der Waals surface area contributed by atoms with E-state index in [9.17, 15) is 21.6 Å². The molecular weight excluding hydrogens is 335 g/mol. The maximum absolute atomic E-state index is 12.4. The van der Waals surface area contributed by atoms with Gasteiger partial charge < -0.3 is 0 Å². The van der Waals surface area contributed by atoms with Gasteiger partial charge in [-0.15, -0.1) is 0 Å². The third-order valence-electron chi connectivity index (χ3n) is 2.11. The van der Waals surface area contributed by atoms with Gasteiger partial charge in [-0.05, 0) is 28.1 Å². The lowest BCUT2D eigenvalue weighted by Crippen LogP contribution is -2.29. The standard InChI is InChI=1S/C10H7BrF3NO2S/c11-8-3-1-2-4-9(8)18(16,17)6-7(5-15)10(12,13)14/h1-4,7H,6H2. The van der Waals surface area contributed by atoms with Gasteiger partial charge in [-0.3, -0.25) is 0 Å². The summed E-state index contributed by atoms with van der Waals surface area (Å²) in [6.45, 7) is 0. The normalized spacial score (nSPS) is 13.9. The van der Waals surface area contributed by atoms with Crippen molar-refractivity contribution in [3.63, 3.8) is 0 Å². The van der Waals surface area contributed by atoms with Crippen molar-refractivity contribution in [3.05, 3.63) is 28.7 Å². The summed E-state index contributed by atoms with van der Waals surface area (Å²) in [6, 6.07) is 6.49. The maximum Gasteiger partial charge on any atom is 0.405 e. The average Bonchev–Trinajstić information content (AvgIpc) is 2.24. The Hall–Kier alpha value is -1.07. The number of rotatable bonds is 3. The van der Waals surface area contributed by atoms with Crippen LogP contribution in [0.2, 0.25) is 0 Å². The molecule has 8 heteroatoms. The lowest BCUT2D eigenvalue weighted by molar-refractivity contribution is -0.153. The van der Waals surface area contributed by atoms with Crippen molar-refractivity contribution in [2.45, 2.75) is 11.1 Å². The van der Waals surface area contributed by atoms with E-state index in [2.05, 4.69) is 15.9 Å². The number of halogens is 4. The van der Waals surface area contributed by atoms with Crippen LogP contribution in [0.3, 0.4) is 0 Å². The number of nitrogens with zero attached hydrogens (tertiary/aromatic N) is 1. The molecule has 0 spiro atoms. The van der Waals surface area contributed by atoms with Gasteiger partial charge in [0.25, 0.3) is 0 Å². The fourth-order valence-corrected chi connectivity index (χ4v) is 3.77. The zero-order valence-corrected chi connectivity index (χ0v) is 11.2. The van der Waals surface area contributed by atoms with Crippen LogP contribution < -0.4 is 0 Å². The molecular formula is C10H7BrF3NO2S. The second kappa shape index (κ2) is 5.28. The fraction of sp³-hybridized carbons (Fsp3) is 0.300. The molecule has 0 aromatic heterocycles. The molecule has 0 N–H and O–H groups in total. The van der Waals surface area contributed by atoms with Crippen LogP contribution in [0, 0.1) is 17.2 Å².